The fourth-order valence-electron chi connectivity index (χ4n) is 2.84. The summed E-state index contributed by atoms with van der Waals surface area (Å²) in [4.78, 5) is 25.0. The summed E-state index contributed by atoms with van der Waals surface area (Å²) in [5.41, 5.74) is 7.59. The average molecular weight is 304 g/mol. The van der Waals surface area contributed by atoms with Crippen LogP contribution in [0.25, 0.3) is 0 Å². The van der Waals surface area contributed by atoms with E-state index in [0.29, 0.717) is 39.0 Å². The number of nitrogens with two attached hydrogens (primary N) is 1. The maximum Gasteiger partial charge on any atom is 0.225 e. The highest BCUT2D eigenvalue weighted by atomic mass is 16.5. The minimum atomic E-state index is -0.259. The summed E-state index contributed by atoms with van der Waals surface area (Å²) < 4.78 is 5.67. The summed E-state index contributed by atoms with van der Waals surface area (Å²) in [6, 6.07) is 6.02. The van der Waals surface area contributed by atoms with Gasteiger partial charge in [-0.05, 0) is 49.9 Å². The van der Waals surface area contributed by atoms with Gasteiger partial charge in [0.15, 0.2) is 0 Å². The van der Waals surface area contributed by atoms with E-state index >= 15 is 0 Å². The van der Waals surface area contributed by atoms with Crippen molar-refractivity contribution in [1.29, 1.82) is 0 Å². The Bertz CT molecular complexity index is 529. The number of amides is 2. The first kappa shape index (κ1) is 16.3. The number of primary amides is 1. The quantitative estimate of drug-likeness (QED) is 0.901. The van der Waals surface area contributed by atoms with Crippen LogP contribution in [0.4, 0.5) is 0 Å². The van der Waals surface area contributed by atoms with Crippen LogP contribution in [0, 0.1) is 19.8 Å². The van der Waals surface area contributed by atoms with E-state index in [9.17, 15) is 9.59 Å². The van der Waals surface area contributed by atoms with Crippen molar-refractivity contribution in [2.75, 3.05) is 19.7 Å². The van der Waals surface area contributed by atoms with Crippen molar-refractivity contribution < 1.29 is 14.3 Å². The van der Waals surface area contributed by atoms with Gasteiger partial charge in [0.1, 0.15) is 5.75 Å². The molecule has 5 heteroatoms. The predicted octanol–water partition coefficient (Wildman–Crippen LogP) is 1.80. The molecule has 0 radical (unpaired) electrons. The van der Waals surface area contributed by atoms with E-state index in [2.05, 4.69) is 6.07 Å². The highest BCUT2D eigenvalue weighted by Gasteiger charge is 2.25. The van der Waals surface area contributed by atoms with Crippen LogP contribution in [-0.4, -0.2) is 36.4 Å². The SMILES string of the molecule is Cc1cc(C)cc(OCCC(=O)N2CCC(C(N)=O)CC2)c1. The third-order valence-corrected chi connectivity index (χ3v) is 4.03. The molecule has 1 aromatic carbocycles. The number of hydrogen-bond acceptors (Lipinski definition) is 3. The summed E-state index contributed by atoms with van der Waals surface area (Å²) in [6.45, 7) is 5.63. The van der Waals surface area contributed by atoms with Crippen LogP contribution in [0.2, 0.25) is 0 Å². The molecule has 1 aliphatic heterocycles. The molecule has 1 heterocycles. The smallest absolute Gasteiger partial charge is 0.225 e. The number of hydrogen-bond donors (Lipinski definition) is 1. The van der Waals surface area contributed by atoms with Crippen molar-refractivity contribution in [1.82, 2.24) is 4.90 Å². The fraction of sp³-hybridized carbons (Fsp3) is 0.529. The molecule has 0 atom stereocenters. The van der Waals surface area contributed by atoms with E-state index < -0.39 is 0 Å². The summed E-state index contributed by atoms with van der Waals surface area (Å²) in [5, 5.41) is 0. The molecule has 120 valence electrons. The molecule has 0 spiro atoms. The first-order chi connectivity index (χ1) is 10.5. The maximum absolute atomic E-state index is 12.1. The molecule has 1 saturated heterocycles. The van der Waals surface area contributed by atoms with Crippen LogP contribution < -0.4 is 10.5 Å². The van der Waals surface area contributed by atoms with E-state index in [0.717, 1.165) is 16.9 Å². The van der Waals surface area contributed by atoms with Gasteiger partial charge in [0, 0.05) is 19.0 Å². The molecule has 0 saturated carbocycles. The number of nitrogens with zero attached hydrogens (tertiary/aromatic N) is 1. The van der Waals surface area contributed by atoms with Crippen LogP contribution in [0.5, 0.6) is 5.75 Å². The van der Waals surface area contributed by atoms with Crippen LogP contribution in [-0.2, 0) is 9.59 Å². The van der Waals surface area contributed by atoms with Gasteiger partial charge < -0.3 is 15.4 Å². The molecule has 2 N–H and O–H groups in total. The zero-order valence-electron chi connectivity index (χ0n) is 13.3. The molecule has 0 bridgehead atoms. The van der Waals surface area contributed by atoms with Gasteiger partial charge in [0.25, 0.3) is 0 Å². The Labute approximate surface area is 131 Å². The lowest BCUT2D eigenvalue weighted by molar-refractivity contribution is -0.135. The zero-order valence-corrected chi connectivity index (χ0v) is 13.3. The number of aryl methyl sites for hydroxylation is 2. The lowest BCUT2D eigenvalue weighted by atomic mass is 9.96. The molecule has 0 aromatic heterocycles. The molecule has 5 nitrogen and oxygen atoms in total. The molecular formula is C17H24N2O3. The number of carbonyl (C=O) groups is 2. The van der Waals surface area contributed by atoms with Crippen molar-refractivity contribution >= 4 is 11.8 Å². The van der Waals surface area contributed by atoms with Crippen molar-refractivity contribution in [2.24, 2.45) is 11.7 Å². The second-order valence-corrected chi connectivity index (χ2v) is 5.98. The van der Waals surface area contributed by atoms with Gasteiger partial charge in [0.2, 0.25) is 11.8 Å². The molecule has 2 amide bonds. The summed E-state index contributed by atoms with van der Waals surface area (Å²) in [5.74, 6) is 0.533. The van der Waals surface area contributed by atoms with E-state index in [4.69, 9.17) is 10.5 Å². The zero-order chi connectivity index (χ0) is 16.1. The van der Waals surface area contributed by atoms with Gasteiger partial charge >= 0.3 is 0 Å². The molecule has 1 fully saturated rings. The Kier molecular flexibility index (Phi) is 5.41. The van der Waals surface area contributed by atoms with Gasteiger partial charge in [-0.1, -0.05) is 6.07 Å². The number of carbonyl (C=O) groups excluding carboxylic acids is 2. The van der Waals surface area contributed by atoms with Crippen molar-refractivity contribution in [3.8, 4) is 5.75 Å². The number of benzene rings is 1. The minimum Gasteiger partial charge on any atom is -0.493 e. The largest absolute Gasteiger partial charge is 0.493 e. The first-order valence-corrected chi connectivity index (χ1v) is 7.74. The number of likely N-dealkylation sites (tertiary alicyclic amines) is 1. The summed E-state index contributed by atoms with van der Waals surface area (Å²) in [6.07, 6.45) is 1.69. The van der Waals surface area contributed by atoms with E-state index in [1.807, 2.05) is 26.0 Å². The second-order valence-electron chi connectivity index (χ2n) is 5.98. The molecule has 22 heavy (non-hydrogen) atoms. The van der Waals surface area contributed by atoms with Crippen LogP contribution in [0.15, 0.2) is 18.2 Å². The van der Waals surface area contributed by atoms with E-state index in [1.54, 1.807) is 4.90 Å². The highest BCUT2D eigenvalue weighted by molar-refractivity contribution is 5.78. The average Bonchev–Trinajstić information content (AvgIpc) is 2.46. The Balaban J connectivity index is 1.75. The first-order valence-electron chi connectivity index (χ1n) is 7.74. The Morgan fingerprint density at radius 3 is 2.32 bits per heavy atom. The number of piperidine rings is 1. The van der Waals surface area contributed by atoms with Gasteiger partial charge in [-0.25, -0.2) is 0 Å². The molecule has 1 aromatic rings. The molecule has 2 rings (SSSR count). The topological polar surface area (TPSA) is 72.6 Å². The summed E-state index contributed by atoms with van der Waals surface area (Å²) >= 11 is 0. The fourth-order valence-corrected chi connectivity index (χ4v) is 2.84. The normalized spacial score (nSPS) is 15.6. The van der Waals surface area contributed by atoms with Crippen LogP contribution in [0.3, 0.4) is 0 Å². The Morgan fingerprint density at radius 2 is 1.77 bits per heavy atom. The lowest BCUT2D eigenvalue weighted by Crippen LogP contribution is -2.42. The Morgan fingerprint density at radius 1 is 1.18 bits per heavy atom. The monoisotopic (exact) mass is 304 g/mol. The number of rotatable bonds is 5. The van der Waals surface area contributed by atoms with Gasteiger partial charge in [-0.2, -0.15) is 0 Å². The molecule has 0 aliphatic carbocycles. The van der Waals surface area contributed by atoms with E-state index in [-0.39, 0.29) is 17.7 Å². The Hall–Kier alpha value is -2.04. The highest BCUT2D eigenvalue weighted by Crippen LogP contribution is 2.18. The van der Waals surface area contributed by atoms with Crippen molar-refractivity contribution in [3.63, 3.8) is 0 Å². The number of ether oxygens (including phenoxy) is 1. The maximum atomic E-state index is 12.1. The summed E-state index contributed by atoms with van der Waals surface area (Å²) in [7, 11) is 0. The van der Waals surface area contributed by atoms with Gasteiger partial charge in [-0.15, -0.1) is 0 Å². The minimum absolute atomic E-state index is 0.0762. The standard InChI is InChI=1S/C17H24N2O3/c1-12-9-13(2)11-15(10-12)22-8-5-16(20)19-6-3-14(4-7-19)17(18)21/h9-11,14H,3-8H2,1-2H3,(H2,18,21). The lowest BCUT2D eigenvalue weighted by Gasteiger charge is -2.30. The van der Waals surface area contributed by atoms with Crippen molar-refractivity contribution in [2.45, 2.75) is 33.1 Å². The predicted molar refractivity (Wildman–Crippen MR) is 84.5 cm³/mol. The second kappa shape index (κ2) is 7.29. The van der Waals surface area contributed by atoms with Gasteiger partial charge in [0.05, 0.1) is 13.0 Å². The molecule has 1 aliphatic rings. The van der Waals surface area contributed by atoms with Gasteiger partial charge in [-0.3, -0.25) is 9.59 Å². The molecular weight excluding hydrogens is 280 g/mol. The van der Waals surface area contributed by atoms with E-state index in [1.165, 1.54) is 0 Å². The van der Waals surface area contributed by atoms with Crippen LogP contribution in [0.1, 0.15) is 30.4 Å². The molecule has 0 unspecified atom stereocenters. The van der Waals surface area contributed by atoms with Crippen molar-refractivity contribution in [3.05, 3.63) is 29.3 Å². The van der Waals surface area contributed by atoms with Crippen LogP contribution >= 0.6 is 0 Å². The third kappa shape index (κ3) is 4.48. The third-order valence-electron chi connectivity index (χ3n) is 4.03.